The maximum atomic E-state index is 10.6. The lowest BCUT2D eigenvalue weighted by Gasteiger charge is -2.39. The minimum absolute atomic E-state index is 0.00413. The van der Waals surface area contributed by atoms with Crippen LogP contribution in [0, 0.1) is 4.91 Å². The molecule has 110 valence electrons. The number of rotatable bonds is 4. The second-order valence-corrected chi connectivity index (χ2v) is 4.37. The van der Waals surface area contributed by atoms with Gasteiger partial charge in [-0.15, -0.1) is 4.91 Å². The van der Waals surface area contributed by atoms with E-state index in [0.717, 1.165) is 0 Å². The molecular weight excluding hydrogens is 270 g/mol. The smallest absolute Gasteiger partial charge is 0.229 e. The molecule has 0 unspecified atom stereocenters. The fourth-order valence-electron chi connectivity index (χ4n) is 1.92. The number of aliphatic hydroxyl groups excluding tert-OH is 4. The lowest BCUT2D eigenvalue weighted by atomic mass is 9.99. The van der Waals surface area contributed by atoms with Crippen molar-refractivity contribution < 1.29 is 29.9 Å². The summed E-state index contributed by atoms with van der Waals surface area (Å²) in [6.45, 7) is -0.557. The Morgan fingerprint density at radius 2 is 1.85 bits per heavy atom. The molecule has 1 aromatic rings. The molecule has 5 atom stereocenters. The van der Waals surface area contributed by atoms with Crippen LogP contribution >= 0.6 is 0 Å². The first-order chi connectivity index (χ1) is 9.58. The van der Waals surface area contributed by atoms with Crippen LogP contribution in [0.15, 0.2) is 29.4 Å². The molecule has 1 saturated heterocycles. The largest absolute Gasteiger partial charge is 0.460 e. The Balaban J connectivity index is 2.17. The number of hydrogen-bond donors (Lipinski definition) is 4. The Morgan fingerprint density at radius 1 is 1.15 bits per heavy atom. The normalized spacial score (nSPS) is 33.7. The topological polar surface area (TPSA) is 129 Å². The van der Waals surface area contributed by atoms with Gasteiger partial charge in [0.25, 0.3) is 0 Å². The molecule has 0 saturated carbocycles. The van der Waals surface area contributed by atoms with Crippen molar-refractivity contribution in [3.8, 4) is 5.75 Å². The van der Waals surface area contributed by atoms with Gasteiger partial charge >= 0.3 is 0 Å². The second kappa shape index (κ2) is 6.25. The molecule has 1 aliphatic rings. The summed E-state index contributed by atoms with van der Waals surface area (Å²) in [6.07, 6.45) is -6.95. The minimum atomic E-state index is -1.54. The van der Waals surface area contributed by atoms with Gasteiger partial charge in [0, 0.05) is 0 Å². The summed E-state index contributed by atoms with van der Waals surface area (Å²) in [6, 6.07) is 6.02. The van der Waals surface area contributed by atoms with Crippen molar-refractivity contribution in [2.24, 2.45) is 5.18 Å². The Kier molecular flexibility index (Phi) is 4.63. The minimum Gasteiger partial charge on any atom is -0.460 e. The fraction of sp³-hybridized carbons (Fsp3) is 0.500. The van der Waals surface area contributed by atoms with Crippen LogP contribution in [0.4, 0.5) is 5.69 Å². The van der Waals surface area contributed by atoms with Crippen LogP contribution < -0.4 is 4.74 Å². The van der Waals surface area contributed by atoms with Gasteiger partial charge in [-0.05, 0) is 17.3 Å². The highest BCUT2D eigenvalue weighted by Gasteiger charge is 2.44. The van der Waals surface area contributed by atoms with Crippen molar-refractivity contribution in [2.45, 2.75) is 30.7 Å². The SMILES string of the molecule is O=Nc1ccccc1O[C@@H]1O[C@H](CO)[C@H](O)[C@H](O)[C@H]1O. The first-order valence-corrected chi connectivity index (χ1v) is 5.98. The molecule has 0 spiro atoms. The molecule has 0 amide bonds. The third-order valence-corrected chi connectivity index (χ3v) is 3.06. The van der Waals surface area contributed by atoms with Crippen LogP contribution in [0.5, 0.6) is 5.75 Å². The lowest BCUT2D eigenvalue weighted by molar-refractivity contribution is -0.277. The molecule has 20 heavy (non-hydrogen) atoms. The molecule has 8 nitrogen and oxygen atoms in total. The van der Waals surface area contributed by atoms with E-state index in [4.69, 9.17) is 14.6 Å². The predicted octanol–water partition coefficient (Wildman–Crippen LogP) is -0.737. The zero-order chi connectivity index (χ0) is 14.7. The molecule has 1 fully saturated rings. The van der Waals surface area contributed by atoms with Gasteiger partial charge < -0.3 is 29.9 Å². The summed E-state index contributed by atoms with van der Waals surface area (Å²) in [5.74, 6) is 0.0619. The highest BCUT2D eigenvalue weighted by molar-refractivity contribution is 5.51. The lowest BCUT2D eigenvalue weighted by Crippen LogP contribution is -2.60. The Bertz CT molecular complexity index is 467. The molecule has 1 aliphatic heterocycles. The first-order valence-electron chi connectivity index (χ1n) is 5.98. The van der Waals surface area contributed by atoms with Gasteiger partial charge in [0.1, 0.15) is 30.1 Å². The highest BCUT2D eigenvalue weighted by Crippen LogP contribution is 2.30. The molecule has 8 heteroatoms. The molecule has 1 aromatic carbocycles. The van der Waals surface area contributed by atoms with Crippen LogP contribution in [0.1, 0.15) is 0 Å². The average Bonchev–Trinajstić information content (AvgIpc) is 2.48. The summed E-state index contributed by atoms with van der Waals surface area (Å²) in [7, 11) is 0. The van der Waals surface area contributed by atoms with E-state index >= 15 is 0 Å². The molecule has 2 rings (SSSR count). The van der Waals surface area contributed by atoms with Crippen molar-refractivity contribution in [3.05, 3.63) is 29.2 Å². The summed E-state index contributed by atoms with van der Waals surface area (Å²) >= 11 is 0. The molecule has 0 aliphatic carbocycles. The van der Waals surface area contributed by atoms with E-state index in [-0.39, 0.29) is 11.4 Å². The monoisotopic (exact) mass is 285 g/mol. The molecule has 4 N–H and O–H groups in total. The van der Waals surface area contributed by atoms with Crippen LogP contribution in [0.25, 0.3) is 0 Å². The molecule has 0 radical (unpaired) electrons. The second-order valence-electron chi connectivity index (χ2n) is 4.37. The number of benzene rings is 1. The van der Waals surface area contributed by atoms with Crippen LogP contribution in [-0.4, -0.2) is 57.7 Å². The van der Waals surface area contributed by atoms with E-state index in [1.165, 1.54) is 12.1 Å². The van der Waals surface area contributed by atoms with Crippen molar-refractivity contribution >= 4 is 5.69 Å². The zero-order valence-corrected chi connectivity index (χ0v) is 10.4. The third-order valence-electron chi connectivity index (χ3n) is 3.06. The van der Waals surface area contributed by atoms with Crippen molar-refractivity contribution in [1.82, 2.24) is 0 Å². The molecule has 0 aromatic heterocycles. The van der Waals surface area contributed by atoms with Gasteiger partial charge in [0.2, 0.25) is 6.29 Å². The maximum absolute atomic E-state index is 10.6. The van der Waals surface area contributed by atoms with Gasteiger partial charge in [-0.25, -0.2) is 0 Å². The number of hydrogen-bond acceptors (Lipinski definition) is 8. The quantitative estimate of drug-likeness (QED) is 0.536. The highest BCUT2D eigenvalue weighted by atomic mass is 16.7. The summed E-state index contributed by atoms with van der Waals surface area (Å²) < 4.78 is 10.5. The molecule has 0 bridgehead atoms. The number of para-hydroxylation sites is 1. The van der Waals surface area contributed by atoms with E-state index in [9.17, 15) is 20.2 Å². The number of nitroso groups, excluding NO2 is 1. The predicted molar refractivity (Wildman–Crippen MR) is 66.3 cm³/mol. The summed E-state index contributed by atoms with van der Waals surface area (Å²) in [5.41, 5.74) is 0.00413. The fourth-order valence-corrected chi connectivity index (χ4v) is 1.92. The number of ether oxygens (including phenoxy) is 2. The van der Waals surface area contributed by atoms with Crippen molar-refractivity contribution in [1.29, 1.82) is 0 Å². The zero-order valence-electron chi connectivity index (χ0n) is 10.4. The molecule has 1 heterocycles. The van der Waals surface area contributed by atoms with Crippen LogP contribution in [0.2, 0.25) is 0 Å². The Morgan fingerprint density at radius 3 is 2.50 bits per heavy atom. The Labute approximate surface area is 114 Å². The summed E-state index contributed by atoms with van der Waals surface area (Å²) in [5, 5.41) is 40.8. The van der Waals surface area contributed by atoms with Gasteiger partial charge in [-0.1, -0.05) is 12.1 Å². The Hall–Kier alpha value is -1.58. The van der Waals surface area contributed by atoms with E-state index in [2.05, 4.69) is 5.18 Å². The third kappa shape index (κ3) is 2.79. The van der Waals surface area contributed by atoms with Crippen LogP contribution in [-0.2, 0) is 4.74 Å². The van der Waals surface area contributed by atoms with Gasteiger partial charge in [-0.3, -0.25) is 0 Å². The molecular formula is C12H15NO7. The van der Waals surface area contributed by atoms with Crippen molar-refractivity contribution in [3.63, 3.8) is 0 Å². The van der Waals surface area contributed by atoms with E-state index in [1.54, 1.807) is 12.1 Å². The van der Waals surface area contributed by atoms with E-state index < -0.39 is 37.3 Å². The summed E-state index contributed by atoms with van der Waals surface area (Å²) in [4.78, 5) is 10.6. The first kappa shape index (κ1) is 14.8. The standard InChI is InChI=1S/C12H15NO7/c14-5-8-9(15)10(16)11(17)12(20-8)19-7-4-2-1-3-6(7)13-18/h1-4,8-12,14-17H,5H2/t8-,9+,10+,11-,12-/m1/s1. The number of nitrogens with zero attached hydrogens (tertiary/aromatic N) is 1. The van der Waals surface area contributed by atoms with Crippen molar-refractivity contribution in [2.75, 3.05) is 6.61 Å². The van der Waals surface area contributed by atoms with Gasteiger partial charge in [-0.2, -0.15) is 0 Å². The average molecular weight is 285 g/mol. The maximum Gasteiger partial charge on any atom is 0.229 e. The van der Waals surface area contributed by atoms with Gasteiger partial charge in [0.15, 0.2) is 5.75 Å². The number of aliphatic hydroxyl groups is 4. The van der Waals surface area contributed by atoms with E-state index in [0.29, 0.717) is 0 Å². The van der Waals surface area contributed by atoms with Crippen LogP contribution in [0.3, 0.4) is 0 Å². The van der Waals surface area contributed by atoms with Gasteiger partial charge in [0.05, 0.1) is 6.61 Å². The van der Waals surface area contributed by atoms with E-state index in [1.807, 2.05) is 0 Å².